The van der Waals surface area contributed by atoms with E-state index < -0.39 is 0 Å². The summed E-state index contributed by atoms with van der Waals surface area (Å²) in [7, 11) is 0. The second-order valence-corrected chi connectivity index (χ2v) is 13.5. The van der Waals surface area contributed by atoms with E-state index in [9.17, 15) is 5.26 Å². The van der Waals surface area contributed by atoms with Crippen molar-refractivity contribution in [3.05, 3.63) is 199 Å². The Kier molecular flexibility index (Phi) is 7.22. The molecule has 250 valence electrons. The molecule has 0 aliphatic carbocycles. The molecule has 0 amide bonds. The average Bonchev–Trinajstić information content (AvgIpc) is 3.75. The predicted octanol–water partition coefficient (Wildman–Crippen LogP) is 13.3. The number of rotatable bonds is 5. The molecule has 4 heteroatoms. The molecule has 0 saturated carbocycles. The van der Waals surface area contributed by atoms with Crippen LogP contribution in [0.1, 0.15) is 5.56 Å². The molecule has 2 heterocycles. The van der Waals surface area contributed by atoms with Crippen LogP contribution in [-0.4, -0.2) is 9.13 Å². The Morgan fingerprint density at radius 1 is 0.444 bits per heavy atom. The molecule has 0 atom stereocenters. The third-order valence-corrected chi connectivity index (χ3v) is 10.6. The maximum absolute atomic E-state index is 10.5. The number of hydrogen-bond donors (Lipinski definition) is 0. The van der Waals surface area contributed by atoms with Gasteiger partial charge in [-0.1, -0.05) is 121 Å². The van der Waals surface area contributed by atoms with Crippen molar-refractivity contribution in [3.8, 4) is 50.8 Å². The summed E-state index contributed by atoms with van der Waals surface area (Å²) in [6.45, 7) is 8.25. The summed E-state index contributed by atoms with van der Waals surface area (Å²) in [6.07, 6.45) is 0. The van der Waals surface area contributed by atoms with E-state index in [1.807, 2.05) is 30.3 Å². The first-order chi connectivity index (χ1) is 26.7. The van der Waals surface area contributed by atoms with Crippen LogP contribution >= 0.6 is 0 Å². The second kappa shape index (κ2) is 12.5. The van der Waals surface area contributed by atoms with Crippen LogP contribution in [0.3, 0.4) is 0 Å². The van der Waals surface area contributed by atoms with Gasteiger partial charge in [0, 0.05) is 38.4 Å². The van der Waals surface area contributed by atoms with E-state index in [2.05, 4.69) is 166 Å². The van der Waals surface area contributed by atoms with Gasteiger partial charge in [-0.3, -0.25) is 0 Å². The average molecular weight is 687 g/mol. The van der Waals surface area contributed by atoms with Gasteiger partial charge >= 0.3 is 0 Å². The highest BCUT2D eigenvalue weighted by atomic mass is 15.0. The van der Waals surface area contributed by atoms with Crippen LogP contribution in [-0.2, 0) is 0 Å². The Labute approximate surface area is 312 Å². The Morgan fingerprint density at radius 2 is 1.00 bits per heavy atom. The highest BCUT2D eigenvalue weighted by Gasteiger charge is 2.24. The SMILES string of the molecule is [C-]#[N+]c1cccc(C#N)c1-c1cc2c(cc1-n1c3ccc(-c4ccccc4)cc3c3cc(-c4ccccc4)ccc31)c1ccccc1n2-c1ccccc1. The summed E-state index contributed by atoms with van der Waals surface area (Å²) in [5.41, 5.74) is 13.1. The summed E-state index contributed by atoms with van der Waals surface area (Å²) >= 11 is 0. The zero-order valence-electron chi connectivity index (χ0n) is 29.1. The lowest BCUT2D eigenvalue weighted by atomic mass is 9.95. The van der Waals surface area contributed by atoms with E-state index in [0.717, 1.165) is 82.8 Å². The largest absolute Gasteiger partial charge is 0.309 e. The lowest BCUT2D eigenvalue weighted by molar-refractivity contribution is 1.17. The zero-order valence-corrected chi connectivity index (χ0v) is 29.1. The summed E-state index contributed by atoms with van der Waals surface area (Å²) < 4.78 is 4.62. The van der Waals surface area contributed by atoms with E-state index in [1.165, 1.54) is 0 Å². The quantitative estimate of drug-likeness (QED) is 0.166. The summed E-state index contributed by atoms with van der Waals surface area (Å²) in [6, 6.07) is 65.6. The minimum atomic E-state index is 0.440. The van der Waals surface area contributed by atoms with Crippen LogP contribution in [0.15, 0.2) is 182 Å². The van der Waals surface area contributed by atoms with Crippen LogP contribution in [0, 0.1) is 17.9 Å². The maximum atomic E-state index is 10.5. The number of nitriles is 1. The van der Waals surface area contributed by atoms with Gasteiger partial charge in [-0.05, 0) is 88.5 Å². The fraction of sp³-hybridized carbons (Fsp3) is 0. The van der Waals surface area contributed by atoms with Gasteiger partial charge < -0.3 is 9.13 Å². The first-order valence-corrected chi connectivity index (χ1v) is 17.9. The lowest BCUT2D eigenvalue weighted by Crippen LogP contribution is -2.00. The zero-order chi connectivity index (χ0) is 36.2. The Hall–Kier alpha value is -7.66. The van der Waals surface area contributed by atoms with E-state index in [0.29, 0.717) is 16.8 Å². The molecular weight excluding hydrogens is 657 g/mol. The van der Waals surface area contributed by atoms with Crippen LogP contribution in [0.2, 0.25) is 0 Å². The molecule has 0 saturated heterocycles. The molecule has 0 aliphatic heterocycles. The van der Waals surface area contributed by atoms with Crippen molar-refractivity contribution in [1.29, 1.82) is 5.26 Å². The third kappa shape index (κ3) is 4.83. The van der Waals surface area contributed by atoms with Gasteiger partial charge in [0.15, 0.2) is 5.69 Å². The van der Waals surface area contributed by atoms with Gasteiger partial charge in [0.1, 0.15) is 0 Å². The molecule has 0 radical (unpaired) electrons. The highest BCUT2D eigenvalue weighted by molar-refractivity contribution is 6.15. The molecule has 0 aliphatic rings. The number of hydrogen-bond acceptors (Lipinski definition) is 1. The lowest BCUT2D eigenvalue weighted by Gasteiger charge is -2.18. The second-order valence-electron chi connectivity index (χ2n) is 13.5. The summed E-state index contributed by atoms with van der Waals surface area (Å²) in [4.78, 5) is 3.98. The van der Waals surface area contributed by atoms with Crippen molar-refractivity contribution in [3.63, 3.8) is 0 Å². The number of fused-ring (bicyclic) bond motifs is 6. The van der Waals surface area contributed by atoms with E-state index in [-0.39, 0.29) is 0 Å². The van der Waals surface area contributed by atoms with Crippen molar-refractivity contribution < 1.29 is 0 Å². The molecule has 2 aromatic heterocycles. The van der Waals surface area contributed by atoms with Gasteiger partial charge in [0.25, 0.3) is 0 Å². The summed E-state index contributed by atoms with van der Waals surface area (Å²) in [5, 5.41) is 15.0. The van der Waals surface area contributed by atoms with Crippen molar-refractivity contribution in [2.45, 2.75) is 0 Å². The first-order valence-electron chi connectivity index (χ1n) is 17.9. The molecule has 0 unspecified atom stereocenters. The molecular formula is C50H30N4. The fourth-order valence-corrected chi connectivity index (χ4v) is 8.16. The van der Waals surface area contributed by atoms with Gasteiger partial charge in [0.05, 0.1) is 40.4 Å². The van der Waals surface area contributed by atoms with Crippen molar-refractivity contribution in [2.75, 3.05) is 0 Å². The van der Waals surface area contributed by atoms with Crippen molar-refractivity contribution in [2.24, 2.45) is 0 Å². The van der Waals surface area contributed by atoms with Crippen LogP contribution in [0.4, 0.5) is 5.69 Å². The number of nitrogens with zero attached hydrogens (tertiary/aromatic N) is 4. The van der Waals surface area contributed by atoms with Crippen LogP contribution in [0.5, 0.6) is 0 Å². The molecule has 10 aromatic rings. The molecule has 0 bridgehead atoms. The Morgan fingerprint density at radius 3 is 1.61 bits per heavy atom. The minimum absolute atomic E-state index is 0.440. The monoisotopic (exact) mass is 686 g/mol. The minimum Gasteiger partial charge on any atom is -0.309 e. The number of aromatic nitrogens is 2. The molecule has 0 spiro atoms. The predicted molar refractivity (Wildman–Crippen MR) is 222 cm³/mol. The molecule has 4 nitrogen and oxygen atoms in total. The molecule has 8 aromatic carbocycles. The molecule has 0 fully saturated rings. The standard InChI is InChI=1S/C50H30N4/c1-52-44-22-13-18-37(32-51)50(44)43-31-48-42(39-21-11-12-23-45(39)53(48)38-19-9-4-10-20-38)30-49(43)54-46-26-24-35(33-14-5-2-6-15-33)28-40(46)41-29-36(25-27-47(41)54)34-16-7-3-8-17-34/h2-31H. The molecule has 54 heavy (non-hydrogen) atoms. The topological polar surface area (TPSA) is 38.0 Å². The van der Waals surface area contributed by atoms with Gasteiger partial charge in [0.2, 0.25) is 0 Å². The van der Waals surface area contributed by atoms with Gasteiger partial charge in [-0.2, -0.15) is 5.26 Å². The Balaban J connectivity index is 1.38. The maximum Gasteiger partial charge on any atom is 0.196 e. The highest BCUT2D eigenvalue weighted by Crippen LogP contribution is 2.45. The molecule has 0 N–H and O–H groups in total. The third-order valence-electron chi connectivity index (χ3n) is 10.6. The first kappa shape index (κ1) is 31.1. The summed E-state index contributed by atoms with van der Waals surface area (Å²) in [5.74, 6) is 0. The van der Waals surface area contributed by atoms with E-state index in [1.54, 1.807) is 6.07 Å². The van der Waals surface area contributed by atoms with E-state index >= 15 is 0 Å². The van der Waals surface area contributed by atoms with Gasteiger partial charge in [-0.25, -0.2) is 4.85 Å². The smallest absolute Gasteiger partial charge is 0.196 e. The van der Waals surface area contributed by atoms with Crippen molar-refractivity contribution >= 4 is 49.3 Å². The fourth-order valence-electron chi connectivity index (χ4n) is 8.16. The number of para-hydroxylation sites is 2. The van der Waals surface area contributed by atoms with Crippen molar-refractivity contribution in [1.82, 2.24) is 9.13 Å². The molecule has 10 rings (SSSR count). The van der Waals surface area contributed by atoms with Crippen LogP contribution in [0.25, 0.3) is 93.2 Å². The normalized spacial score (nSPS) is 11.3. The van der Waals surface area contributed by atoms with Crippen LogP contribution < -0.4 is 0 Å². The Bertz CT molecular complexity index is 3030. The van der Waals surface area contributed by atoms with Gasteiger partial charge in [-0.15, -0.1) is 0 Å². The van der Waals surface area contributed by atoms with E-state index in [4.69, 9.17) is 6.57 Å². The number of benzene rings is 8.